The van der Waals surface area contributed by atoms with E-state index in [2.05, 4.69) is 25.8 Å². The summed E-state index contributed by atoms with van der Waals surface area (Å²) in [6.07, 6.45) is 9.18. The lowest BCUT2D eigenvalue weighted by Crippen LogP contribution is -2.29. The Bertz CT molecular complexity index is 907. The molecule has 1 N–H and O–H groups in total. The van der Waals surface area contributed by atoms with E-state index >= 15 is 0 Å². The van der Waals surface area contributed by atoms with Gasteiger partial charge in [0.1, 0.15) is 4.83 Å². The van der Waals surface area contributed by atoms with Crippen LogP contribution < -0.4 is 5.56 Å². The highest BCUT2D eigenvalue weighted by Crippen LogP contribution is 2.42. The summed E-state index contributed by atoms with van der Waals surface area (Å²) < 4.78 is 2.52. The second-order valence-electron chi connectivity index (χ2n) is 8.91. The van der Waals surface area contributed by atoms with Gasteiger partial charge in [-0.15, -0.1) is 11.3 Å². The summed E-state index contributed by atoms with van der Waals surface area (Å²) in [5.74, 6) is 0.691. The Balaban J connectivity index is 1.83. The highest BCUT2D eigenvalue weighted by molar-refractivity contribution is 7.71. The molecule has 4 rings (SSSR count). The first kappa shape index (κ1) is 17.5. The third kappa shape index (κ3) is 3.03. The van der Waals surface area contributed by atoms with Crippen LogP contribution in [0, 0.1) is 16.1 Å². The van der Waals surface area contributed by atoms with Crippen LogP contribution in [0.2, 0.25) is 0 Å². The number of fused-ring (bicyclic) bond motifs is 3. The standard InChI is InChI=1S/C20H28N2OS2/c1-20(2,3)12-9-10-14-15(11-12)25-17-16(14)18(23)22(19(24)21-17)13-7-5-4-6-8-13/h12-13H,4-11H2,1-3H3,(H,21,24)/t12-/m1/s1. The minimum Gasteiger partial charge on any atom is -0.323 e. The fourth-order valence-corrected chi connectivity index (χ4v) is 6.40. The zero-order chi connectivity index (χ0) is 17.8. The number of hydrogen-bond donors (Lipinski definition) is 1. The zero-order valence-corrected chi connectivity index (χ0v) is 17.1. The molecule has 0 aromatic carbocycles. The van der Waals surface area contributed by atoms with Gasteiger partial charge in [0.2, 0.25) is 0 Å². The van der Waals surface area contributed by atoms with Crippen LogP contribution in [0.25, 0.3) is 10.2 Å². The molecule has 0 unspecified atom stereocenters. The second kappa shape index (κ2) is 6.34. The molecule has 0 bridgehead atoms. The van der Waals surface area contributed by atoms with E-state index in [0.717, 1.165) is 35.9 Å². The molecule has 0 radical (unpaired) electrons. The lowest BCUT2D eigenvalue weighted by Gasteiger charge is -2.33. The molecule has 2 heterocycles. The number of nitrogens with one attached hydrogen (secondary N) is 1. The summed E-state index contributed by atoms with van der Waals surface area (Å²) >= 11 is 7.35. The molecule has 2 aliphatic rings. The summed E-state index contributed by atoms with van der Waals surface area (Å²) in [5, 5.41) is 0.937. The van der Waals surface area contributed by atoms with Gasteiger partial charge in [-0.1, -0.05) is 40.0 Å². The lowest BCUT2D eigenvalue weighted by molar-refractivity contribution is 0.218. The van der Waals surface area contributed by atoms with E-state index in [1.165, 1.54) is 36.1 Å². The van der Waals surface area contributed by atoms with Crippen LogP contribution >= 0.6 is 23.6 Å². The van der Waals surface area contributed by atoms with Gasteiger partial charge in [0.05, 0.1) is 5.39 Å². The van der Waals surface area contributed by atoms with E-state index in [-0.39, 0.29) is 11.6 Å². The van der Waals surface area contributed by atoms with Crippen LogP contribution in [0.3, 0.4) is 0 Å². The maximum atomic E-state index is 13.3. The molecule has 2 aromatic heterocycles. The normalized spacial score (nSPS) is 22.3. The van der Waals surface area contributed by atoms with Gasteiger partial charge in [0.25, 0.3) is 5.56 Å². The van der Waals surface area contributed by atoms with E-state index < -0.39 is 0 Å². The van der Waals surface area contributed by atoms with E-state index in [1.807, 2.05) is 4.57 Å². The number of aromatic amines is 1. The fourth-order valence-electron chi connectivity index (χ4n) is 4.68. The van der Waals surface area contributed by atoms with Gasteiger partial charge < -0.3 is 4.98 Å². The SMILES string of the molecule is CC(C)(C)[C@@H]1CCc2c(sc3[nH]c(=S)n(C4CCCCC4)c(=O)c23)C1. The van der Waals surface area contributed by atoms with Crippen LogP contribution in [-0.2, 0) is 12.8 Å². The Morgan fingerprint density at radius 1 is 1.16 bits per heavy atom. The van der Waals surface area contributed by atoms with Gasteiger partial charge in [-0.3, -0.25) is 9.36 Å². The van der Waals surface area contributed by atoms with Gasteiger partial charge in [0.15, 0.2) is 4.77 Å². The lowest BCUT2D eigenvalue weighted by atomic mass is 9.72. The van der Waals surface area contributed by atoms with Crippen LogP contribution in [0.1, 0.15) is 75.8 Å². The highest BCUT2D eigenvalue weighted by Gasteiger charge is 2.32. The minimum atomic E-state index is 0.164. The van der Waals surface area contributed by atoms with Crippen LogP contribution in [0.15, 0.2) is 4.79 Å². The molecule has 1 atom stereocenters. The molecule has 0 aliphatic heterocycles. The molecule has 136 valence electrons. The average molecular weight is 377 g/mol. The largest absolute Gasteiger partial charge is 0.323 e. The molecule has 2 aromatic rings. The number of rotatable bonds is 1. The van der Waals surface area contributed by atoms with E-state index in [9.17, 15) is 4.79 Å². The van der Waals surface area contributed by atoms with E-state index in [4.69, 9.17) is 12.2 Å². The van der Waals surface area contributed by atoms with Crippen molar-refractivity contribution in [2.24, 2.45) is 11.3 Å². The third-order valence-corrected chi connectivity index (χ3v) is 7.77. The highest BCUT2D eigenvalue weighted by atomic mass is 32.1. The summed E-state index contributed by atoms with van der Waals surface area (Å²) in [7, 11) is 0. The molecular weight excluding hydrogens is 348 g/mol. The summed E-state index contributed by atoms with van der Waals surface area (Å²) in [6, 6.07) is 0.288. The van der Waals surface area contributed by atoms with Crippen molar-refractivity contribution < 1.29 is 0 Å². The van der Waals surface area contributed by atoms with Crippen molar-refractivity contribution in [2.75, 3.05) is 0 Å². The Kier molecular flexibility index (Phi) is 4.43. The molecule has 0 amide bonds. The Morgan fingerprint density at radius 2 is 1.88 bits per heavy atom. The van der Waals surface area contributed by atoms with Gasteiger partial charge in [0, 0.05) is 10.9 Å². The predicted molar refractivity (Wildman–Crippen MR) is 108 cm³/mol. The van der Waals surface area contributed by atoms with Gasteiger partial charge in [-0.25, -0.2) is 0 Å². The van der Waals surface area contributed by atoms with Crippen molar-refractivity contribution in [3.8, 4) is 0 Å². The molecule has 1 saturated carbocycles. The number of nitrogens with zero attached hydrogens (tertiary/aromatic N) is 1. The maximum absolute atomic E-state index is 13.3. The van der Waals surface area contributed by atoms with Gasteiger partial charge >= 0.3 is 0 Å². The molecular formula is C20H28N2OS2. The van der Waals surface area contributed by atoms with Gasteiger partial charge in [-0.2, -0.15) is 0 Å². The van der Waals surface area contributed by atoms with Crippen molar-refractivity contribution >= 4 is 33.8 Å². The molecule has 0 saturated heterocycles. The Morgan fingerprint density at radius 3 is 2.56 bits per heavy atom. The van der Waals surface area contributed by atoms with Crippen molar-refractivity contribution in [2.45, 2.75) is 78.2 Å². The summed E-state index contributed by atoms with van der Waals surface area (Å²) in [5.41, 5.74) is 1.79. The third-order valence-electron chi connectivity index (χ3n) is 6.30. The zero-order valence-electron chi connectivity index (χ0n) is 15.5. The van der Waals surface area contributed by atoms with Crippen LogP contribution in [0.4, 0.5) is 0 Å². The number of H-pyrrole nitrogens is 1. The molecule has 3 nitrogen and oxygen atoms in total. The van der Waals surface area contributed by atoms with Gasteiger partial charge in [-0.05, 0) is 61.2 Å². The summed E-state index contributed by atoms with van der Waals surface area (Å²) in [6.45, 7) is 7.00. The monoisotopic (exact) mass is 376 g/mol. The van der Waals surface area contributed by atoms with Crippen molar-refractivity contribution in [1.29, 1.82) is 0 Å². The number of thiophene rings is 1. The number of aromatic nitrogens is 2. The smallest absolute Gasteiger partial charge is 0.263 e. The number of hydrogen-bond acceptors (Lipinski definition) is 3. The molecule has 5 heteroatoms. The Hall–Kier alpha value is -0.940. The van der Waals surface area contributed by atoms with Crippen LogP contribution in [0.5, 0.6) is 0 Å². The molecule has 2 aliphatic carbocycles. The van der Waals surface area contributed by atoms with Crippen molar-refractivity contribution in [3.63, 3.8) is 0 Å². The van der Waals surface area contributed by atoms with Crippen molar-refractivity contribution in [1.82, 2.24) is 9.55 Å². The van der Waals surface area contributed by atoms with Crippen LogP contribution in [-0.4, -0.2) is 9.55 Å². The molecule has 25 heavy (non-hydrogen) atoms. The maximum Gasteiger partial charge on any atom is 0.263 e. The minimum absolute atomic E-state index is 0.164. The average Bonchev–Trinajstić information content (AvgIpc) is 2.92. The molecule has 1 fully saturated rings. The first-order valence-corrected chi connectivity index (χ1v) is 10.9. The molecule has 0 spiro atoms. The first-order chi connectivity index (χ1) is 11.9. The predicted octanol–water partition coefficient (Wildman–Crippen LogP) is 5.78. The van der Waals surface area contributed by atoms with E-state index in [1.54, 1.807) is 11.3 Å². The van der Waals surface area contributed by atoms with Crippen molar-refractivity contribution in [3.05, 3.63) is 25.6 Å². The first-order valence-electron chi connectivity index (χ1n) is 9.65. The number of aryl methyl sites for hydroxylation is 1. The second-order valence-corrected chi connectivity index (χ2v) is 10.4. The topological polar surface area (TPSA) is 37.8 Å². The summed E-state index contributed by atoms with van der Waals surface area (Å²) in [4.78, 5) is 19.2. The Labute approximate surface area is 158 Å². The quantitative estimate of drug-likeness (QED) is 0.641. The van der Waals surface area contributed by atoms with E-state index in [0.29, 0.717) is 16.1 Å². The fraction of sp³-hybridized carbons (Fsp3) is 0.700.